The van der Waals surface area contributed by atoms with Gasteiger partial charge in [-0.1, -0.05) is 32.6 Å². The van der Waals surface area contributed by atoms with Gasteiger partial charge in [-0.15, -0.1) is 0 Å². The summed E-state index contributed by atoms with van der Waals surface area (Å²) in [7, 11) is 0. The van der Waals surface area contributed by atoms with Gasteiger partial charge in [0.1, 0.15) is 0 Å². The van der Waals surface area contributed by atoms with Gasteiger partial charge in [-0.2, -0.15) is 0 Å². The summed E-state index contributed by atoms with van der Waals surface area (Å²) in [6, 6.07) is 0.580. The Labute approximate surface area is 98.9 Å². The van der Waals surface area contributed by atoms with Crippen molar-refractivity contribution in [1.29, 1.82) is 0 Å². The van der Waals surface area contributed by atoms with Gasteiger partial charge in [0.05, 0.1) is 13.2 Å². The van der Waals surface area contributed by atoms with Crippen LogP contribution in [0.3, 0.4) is 0 Å². The lowest BCUT2D eigenvalue weighted by molar-refractivity contribution is -0.0538. The quantitative estimate of drug-likeness (QED) is 0.755. The van der Waals surface area contributed by atoms with Crippen LogP contribution in [0, 0.1) is 5.92 Å². The molecular weight excluding hydrogens is 202 g/mol. The molecule has 16 heavy (non-hydrogen) atoms. The lowest BCUT2D eigenvalue weighted by atomic mass is 9.96. The SMILES string of the molecule is CCNC(CC1CCCC1)CC1OCCO1. The van der Waals surface area contributed by atoms with Gasteiger partial charge in [0.15, 0.2) is 6.29 Å². The average Bonchev–Trinajstić information content (AvgIpc) is 2.91. The minimum atomic E-state index is 0.0467. The molecule has 1 aliphatic carbocycles. The fourth-order valence-corrected chi connectivity index (χ4v) is 2.98. The van der Waals surface area contributed by atoms with E-state index in [1.54, 1.807) is 0 Å². The molecule has 1 atom stereocenters. The van der Waals surface area contributed by atoms with Crippen LogP contribution < -0.4 is 5.32 Å². The molecule has 2 fully saturated rings. The molecule has 2 aliphatic rings. The maximum atomic E-state index is 5.53. The molecule has 3 heteroatoms. The Morgan fingerprint density at radius 2 is 1.81 bits per heavy atom. The Morgan fingerprint density at radius 1 is 1.12 bits per heavy atom. The number of ether oxygens (including phenoxy) is 2. The molecule has 1 aliphatic heterocycles. The second-order valence-corrected chi connectivity index (χ2v) is 5.05. The highest BCUT2D eigenvalue weighted by atomic mass is 16.7. The summed E-state index contributed by atoms with van der Waals surface area (Å²) in [5.74, 6) is 0.936. The van der Waals surface area contributed by atoms with Crippen molar-refractivity contribution >= 4 is 0 Å². The average molecular weight is 227 g/mol. The van der Waals surface area contributed by atoms with Crippen molar-refractivity contribution in [1.82, 2.24) is 5.32 Å². The van der Waals surface area contributed by atoms with E-state index in [-0.39, 0.29) is 6.29 Å². The standard InChI is InChI=1S/C13H25NO2/c1-2-14-12(9-11-5-3-4-6-11)10-13-15-7-8-16-13/h11-14H,2-10H2,1H3. The van der Waals surface area contributed by atoms with Crippen molar-refractivity contribution < 1.29 is 9.47 Å². The molecule has 0 radical (unpaired) electrons. The lowest BCUT2D eigenvalue weighted by Crippen LogP contribution is -2.34. The fourth-order valence-electron chi connectivity index (χ4n) is 2.98. The van der Waals surface area contributed by atoms with Gasteiger partial charge in [-0.25, -0.2) is 0 Å². The van der Waals surface area contributed by atoms with E-state index in [0.717, 1.165) is 32.1 Å². The minimum Gasteiger partial charge on any atom is -0.350 e. The van der Waals surface area contributed by atoms with Crippen molar-refractivity contribution in [2.24, 2.45) is 5.92 Å². The predicted octanol–water partition coefficient (Wildman–Crippen LogP) is 2.31. The van der Waals surface area contributed by atoms with Crippen molar-refractivity contribution in [3.63, 3.8) is 0 Å². The van der Waals surface area contributed by atoms with Gasteiger partial charge >= 0.3 is 0 Å². The number of hydrogen-bond donors (Lipinski definition) is 1. The van der Waals surface area contributed by atoms with Crippen LogP contribution in [0.4, 0.5) is 0 Å². The molecule has 0 aromatic carbocycles. The zero-order chi connectivity index (χ0) is 11.2. The molecule has 0 amide bonds. The smallest absolute Gasteiger partial charge is 0.159 e. The summed E-state index contributed by atoms with van der Waals surface area (Å²) in [5.41, 5.74) is 0. The van der Waals surface area contributed by atoms with E-state index < -0.39 is 0 Å². The van der Waals surface area contributed by atoms with E-state index in [0.29, 0.717) is 6.04 Å². The van der Waals surface area contributed by atoms with Crippen molar-refractivity contribution in [3.05, 3.63) is 0 Å². The van der Waals surface area contributed by atoms with Crippen LogP contribution in [0.25, 0.3) is 0 Å². The third kappa shape index (κ3) is 3.72. The van der Waals surface area contributed by atoms with Crippen molar-refractivity contribution in [3.8, 4) is 0 Å². The van der Waals surface area contributed by atoms with Crippen LogP contribution >= 0.6 is 0 Å². The Morgan fingerprint density at radius 3 is 2.44 bits per heavy atom. The highest BCUT2D eigenvalue weighted by Crippen LogP contribution is 2.29. The minimum absolute atomic E-state index is 0.0467. The third-order valence-electron chi connectivity index (χ3n) is 3.75. The summed E-state index contributed by atoms with van der Waals surface area (Å²) in [6.07, 6.45) is 8.08. The van der Waals surface area contributed by atoms with E-state index >= 15 is 0 Å². The molecule has 0 aromatic rings. The van der Waals surface area contributed by atoms with Gasteiger partial charge in [-0.3, -0.25) is 0 Å². The first-order valence-electron chi connectivity index (χ1n) is 6.85. The van der Waals surface area contributed by atoms with Gasteiger partial charge in [-0.05, 0) is 18.9 Å². The van der Waals surface area contributed by atoms with Gasteiger partial charge in [0, 0.05) is 12.5 Å². The number of hydrogen-bond acceptors (Lipinski definition) is 3. The topological polar surface area (TPSA) is 30.5 Å². The monoisotopic (exact) mass is 227 g/mol. The summed E-state index contributed by atoms with van der Waals surface area (Å²) in [6.45, 7) is 4.77. The second kappa shape index (κ2) is 6.58. The Kier molecular flexibility index (Phi) is 5.07. The molecule has 1 N–H and O–H groups in total. The second-order valence-electron chi connectivity index (χ2n) is 5.05. The normalized spacial score (nSPS) is 25.3. The maximum absolute atomic E-state index is 5.53. The van der Waals surface area contributed by atoms with Crippen LogP contribution in [-0.4, -0.2) is 32.1 Å². The van der Waals surface area contributed by atoms with E-state index in [2.05, 4.69) is 12.2 Å². The zero-order valence-corrected chi connectivity index (χ0v) is 10.4. The molecule has 94 valence electrons. The van der Waals surface area contributed by atoms with Crippen LogP contribution in [0.15, 0.2) is 0 Å². The first-order chi connectivity index (χ1) is 7.88. The van der Waals surface area contributed by atoms with E-state index in [1.165, 1.54) is 32.1 Å². The summed E-state index contributed by atoms with van der Waals surface area (Å²) in [4.78, 5) is 0. The molecule has 0 spiro atoms. The van der Waals surface area contributed by atoms with Crippen LogP contribution in [-0.2, 0) is 9.47 Å². The molecular formula is C13H25NO2. The summed E-state index contributed by atoms with van der Waals surface area (Å²) in [5, 5.41) is 3.58. The largest absolute Gasteiger partial charge is 0.350 e. The van der Waals surface area contributed by atoms with E-state index in [9.17, 15) is 0 Å². The Balaban J connectivity index is 1.73. The van der Waals surface area contributed by atoms with E-state index in [4.69, 9.17) is 9.47 Å². The van der Waals surface area contributed by atoms with Gasteiger partial charge < -0.3 is 14.8 Å². The highest BCUT2D eigenvalue weighted by molar-refractivity contribution is 4.77. The van der Waals surface area contributed by atoms with Crippen molar-refractivity contribution in [2.75, 3.05) is 19.8 Å². The molecule has 1 heterocycles. The third-order valence-corrected chi connectivity index (χ3v) is 3.75. The lowest BCUT2D eigenvalue weighted by Gasteiger charge is -2.23. The Bertz CT molecular complexity index is 168. The van der Waals surface area contributed by atoms with Crippen LogP contribution in [0.1, 0.15) is 45.4 Å². The Hall–Kier alpha value is -0.120. The first kappa shape index (κ1) is 12.3. The molecule has 2 rings (SSSR count). The maximum Gasteiger partial charge on any atom is 0.159 e. The summed E-state index contributed by atoms with van der Waals surface area (Å²) >= 11 is 0. The van der Waals surface area contributed by atoms with Crippen LogP contribution in [0.5, 0.6) is 0 Å². The van der Waals surface area contributed by atoms with Gasteiger partial charge in [0.25, 0.3) is 0 Å². The van der Waals surface area contributed by atoms with E-state index in [1.807, 2.05) is 0 Å². The predicted molar refractivity (Wildman–Crippen MR) is 64.3 cm³/mol. The molecule has 0 aromatic heterocycles. The zero-order valence-electron chi connectivity index (χ0n) is 10.4. The number of rotatable bonds is 6. The first-order valence-corrected chi connectivity index (χ1v) is 6.85. The molecule has 0 bridgehead atoms. The molecule has 3 nitrogen and oxygen atoms in total. The highest BCUT2D eigenvalue weighted by Gasteiger charge is 2.24. The van der Waals surface area contributed by atoms with Crippen molar-refractivity contribution in [2.45, 2.75) is 57.8 Å². The fraction of sp³-hybridized carbons (Fsp3) is 1.00. The van der Waals surface area contributed by atoms with Gasteiger partial charge in [0.2, 0.25) is 0 Å². The molecule has 1 unspecified atom stereocenters. The summed E-state index contributed by atoms with van der Waals surface area (Å²) < 4.78 is 11.1. The number of nitrogens with one attached hydrogen (secondary N) is 1. The van der Waals surface area contributed by atoms with Crippen LogP contribution in [0.2, 0.25) is 0 Å². The molecule has 1 saturated carbocycles. The molecule has 1 saturated heterocycles.